The summed E-state index contributed by atoms with van der Waals surface area (Å²) in [6.07, 6.45) is 0.684. The molecular formula is C26H24N2O6S. The SMILES string of the molecule is CCOC(=O)c1cc(CN2C(=O)c3ccccc3C2=O)sc1NC(=O)CCCOc1ccccc1. The summed E-state index contributed by atoms with van der Waals surface area (Å²) in [6, 6.07) is 17.5. The summed E-state index contributed by atoms with van der Waals surface area (Å²) in [5.74, 6) is -0.906. The molecule has 0 unspecified atom stereocenters. The third-order valence-corrected chi connectivity index (χ3v) is 6.32. The van der Waals surface area contributed by atoms with Gasteiger partial charge in [0.25, 0.3) is 11.8 Å². The highest BCUT2D eigenvalue weighted by Gasteiger charge is 2.35. The number of benzene rings is 2. The molecule has 1 aromatic heterocycles. The van der Waals surface area contributed by atoms with Crippen LogP contribution in [0.15, 0.2) is 60.7 Å². The van der Waals surface area contributed by atoms with Gasteiger partial charge < -0.3 is 14.8 Å². The van der Waals surface area contributed by atoms with Crippen LogP contribution in [-0.4, -0.2) is 41.8 Å². The minimum atomic E-state index is -0.583. The Balaban J connectivity index is 1.42. The van der Waals surface area contributed by atoms with Crippen molar-refractivity contribution in [3.63, 3.8) is 0 Å². The van der Waals surface area contributed by atoms with Crippen molar-refractivity contribution < 1.29 is 28.7 Å². The van der Waals surface area contributed by atoms with E-state index in [1.807, 2.05) is 30.3 Å². The van der Waals surface area contributed by atoms with Gasteiger partial charge in [-0.25, -0.2) is 4.79 Å². The van der Waals surface area contributed by atoms with Gasteiger partial charge in [-0.3, -0.25) is 19.3 Å². The van der Waals surface area contributed by atoms with Crippen LogP contribution in [0.2, 0.25) is 0 Å². The number of carbonyl (C=O) groups is 4. The van der Waals surface area contributed by atoms with Gasteiger partial charge in [-0.2, -0.15) is 0 Å². The number of anilines is 1. The van der Waals surface area contributed by atoms with Gasteiger partial charge in [-0.15, -0.1) is 11.3 Å². The summed E-state index contributed by atoms with van der Waals surface area (Å²) in [6.45, 7) is 2.23. The van der Waals surface area contributed by atoms with Gasteiger partial charge in [0.2, 0.25) is 5.91 Å². The zero-order chi connectivity index (χ0) is 24.8. The predicted molar refractivity (Wildman–Crippen MR) is 131 cm³/mol. The molecular weight excluding hydrogens is 468 g/mol. The first kappa shape index (κ1) is 24.2. The number of esters is 1. The largest absolute Gasteiger partial charge is 0.494 e. The molecule has 35 heavy (non-hydrogen) atoms. The van der Waals surface area contributed by atoms with Crippen molar-refractivity contribution in [3.8, 4) is 5.75 Å². The minimum absolute atomic E-state index is 0.00972. The number of nitrogens with zero attached hydrogens (tertiary/aromatic N) is 1. The van der Waals surface area contributed by atoms with Crippen LogP contribution in [-0.2, 0) is 16.1 Å². The zero-order valence-electron chi connectivity index (χ0n) is 19.1. The Hall–Kier alpha value is -3.98. The van der Waals surface area contributed by atoms with E-state index in [0.717, 1.165) is 22.0 Å². The molecule has 0 fully saturated rings. The first-order valence-electron chi connectivity index (χ1n) is 11.2. The molecule has 4 rings (SSSR count). The topological polar surface area (TPSA) is 102 Å². The molecule has 2 heterocycles. The van der Waals surface area contributed by atoms with Gasteiger partial charge in [-0.05, 0) is 43.7 Å². The number of hydrogen-bond acceptors (Lipinski definition) is 7. The summed E-state index contributed by atoms with van der Waals surface area (Å²) in [5.41, 5.74) is 0.897. The fourth-order valence-electron chi connectivity index (χ4n) is 3.64. The number of rotatable bonds is 10. The molecule has 0 atom stereocenters. The average molecular weight is 493 g/mol. The van der Waals surface area contributed by atoms with E-state index in [-0.39, 0.29) is 42.9 Å². The van der Waals surface area contributed by atoms with Gasteiger partial charge in [0.05, 0.1) is 36.4 Å². The van der Waals surface area contributed by atoms with Crippen LogP contribution < -0.4 is 10.1 Å². The summed E-state index contributed by atoms with van der Waals surface area (Å²) in [7, 11) is 0. The molecule has 8 nitrogen and oxygen atoms in total. The third kappa shape index (κ3) is 5.58. The first-order chi connectivity index (χ1) is 17.0. The van der Waals surface area contributed by atoms with Crippen molar-refractivity contribution in [3.05, 3.63) is 82.2 Å². The maximum Gasteiger partial charge on any atom is 0.341 e. The minimum Gasteiger partial charge on any atom is -0.494 e. The highest BCUT2D eigenvalue weighted by Crippen LogP contribution is 2.32. The fourth-order valence-corrected chi connectivity index (χ4v) is 4.69. The molecule has 9 heteroatoms. The number of para-hydroxylation sites is 1. The van der Waals surface area contributed by atoms with E-state index in [2.05, 4.69) is 5.32 Å². The molecule has 0 saturated carbocycles. The molecule has 0 spiro atoms. The Bertz CT molecular complexity index is 1220. The van der Waals surface area contributed by atoms with Crippen molar-refractivity contribution in [1.82, 2.24) is 4.90 Å². The van der Waals surface area contributed by atoms with Crippen LogP contribution in [0.5, 0.6) is 5.75 Å². The number of fused-ring (bicyclic) bond motifs is 1. The van der Waals surface area contributed by atoms with Crippen LogP contribution in [0.3, 0.4) is 0 Å². The Kier molecular flexibility index (Phi) is 7.57. The second-order valence-corrected chi connectivity index (χ2v) is 8.87. The molecule has 1 aliphatic heterocycles. The lowest BCUT2D eigenvalue weighted by molar-refractivity contribution is -0.116. The summed E-state index contributed by atoms with van der Waals surface area (Å²) in [4.78, 5) is 52.1. The van der Waals surface area contributed by atoms with Crippen molar-refractivity contribution in [2.45, 2.75) is 26.3 Å². The number of ether oxygens (including phenoxy) is 2. The van der Waals surface area contributed by atoms with E-state index in [4.69, 9.17) is 9.47 Å². The van der Waals surface area contributed by atoms with Crippen LogP contribution in [0.4, 0.5) is 5.00 Å². The molecule has 0 aliphatic carbocycles. The van der Waals surface area contributed by atoms with E-state index < -0.39 is 5.97 Å². The molecule has 0 saturated heterocycles. The molecule has 2 aromatic carbocycles. The number of imide groups is 1. The van der Waals surface area contributed by atoms with Gasteiger partial charge in [0, 0.05) is 11.3 Å². The van der Waals surface area contributed by atoms with Crippen molar-refractivity contribution in [1.29, 1.82) is 0 Å². The van der Waals surface area contributed by atoms with E-state index in [9.17, 15) is 19.2 Å². The maximum absolute atomic E-state index is 12.7. The highest BCUT2D eigenvalue weighted by molar-refractivity contribution is 7.16. The predicted octanol–water partition coefficient (Wildman–Crippen LogP) is 4.52. The van der Waals surface area contributed by atoms with Crippen LogP contribution in [0, 0.1) is 0 Å². The Morgan fingerprint density at radius 3 is 2.29 bits per heavy atom. The van der Waals surface area contributed by atoms with Crippen molar-refractivity contribution in [2.75, 3.05) is 18.5 Å². The molecule has 1 N–H and O–H groups in total. The van der Waals surface area contributed by atoms with Crippen molar-refractivity contribution in [2.24, 2.45) is 0 Å². The number of hydrogen-bond donors (Lipinski definition) is 1. The van der Waals surface area contributed by atoms with E-state index in [1.165, 1.54) is 0 Å². The third-order valence-electron chi connectivity index (χ3n) is 5.28. The summed E-state index contributed by atoms with van der Waals surface area (Å²) < 4.78 is 10.7. The maximum atomic E-state index is 12.7. The lowest BCUT2D eigenvalue weighted by Gasteiger charge is -2.12. The van der Waals surface area contributed by atoms with Gasteiger partial charge >= 0.3 is 5.97 Å². The van der Waals surface area contributed by atoms with E-state index >= 15 is 0 Å². The second kappa shape index (κ2) is 11.0. The lowest BCUT2D eigenvalue weighted by atomic mass is 10.1. The normalized spacial score (nSPS) is 12.4. The standard InChI is InChI=1S/C26H24N2O6S/c1-2-33-26(32)21-15-18(16-28-24(30)19-11-6-7-12-20(19)25(28)31)35-23(21)27-22(29)13-8-14-34-17-9-4-3-5-10-17/h3-7,9-12,15H,2,8,13-14,16H2,1H3,(H,27,29). The summed E-state index contributed by atoms with van der Waals surface area (Å²) >= 11 is 1.14. The molecule has 3 aromatic rings. The van der Waals surface area contributed by atoms with Crippen molar-refractivity contribution >= 4 is 40.0 Å². The second-order valence-electron chi connectivity index (χ2n) is 7.73. The lowest BCUT2D eigenvalue weighted by Crippen LogP contribution is -2.28. The molecule has 0 bridgehead atoms. The van der Waals surface area contributed by atoms with Crippen LogP contribution >= 0.6 is 11.3 Å². The monoisotopic (exact) mass is 492 g/mol. The molecule has 3 amide bonds. The first-order valence-corrected chi connectivity index (χ1v) is 12.0. The van der Waals surface area contributed by atoms with E-state index in [1.54, 1.807) is 37.3 Å². The number of nitrogens with one attached hydrogen (secondary N) is 1. The smallest absolute Gasteiger partial charge is 0.341 e. The molecule has 1 aliphatic rings. The van der Waals surface area contributed by atoms with Gasteiger partial charge in [-0.1, -0.05) is 30.3 Å². The van der Waals surface area contributed by atoms with Gasteiger partial charge in [0.1, 0.15) is 10.8 Å². The number of thiophene rings is 1. The number of carbonyl (C=O) groups excluding carboxylic acids is 4. The van der Waals surface area contributed by atoms with Gasteiger partial charge in [0.15, 0.2) is 0 Å². The molecule has 0 radical (unpaired) electrons. The van der Waals surface area contributed by atoms with Crippen LogP contribution in [0.1, 0.15) is 55.7 Å². The quantitative estimate of drug-likeness (QED) is 0.254. The highest BCUT2D eigenvalue weighted by atomic mass is 32.1. The summed E-state index contributed by atoms with van der Waals surface area (Å²) in [5, 5.41) is 3.09. The fraction of sp³-hybridized carbons (Fsp3) is 0.231. The van der Waals surface area contributed by atoms with Crippen LogP contribution in [0.25, 0.3) is 0 Å². The molecule has 180 valence electrons. The number of amides is 3. The average Bonchev–Trinajstić information content (AvgIpc) is 3.37. The Labute approximate surface area is 206 Å². The zero-order valence-corrected chi connectivity index (χ0v) is 19.9. The van der Waals surface area contributed by atoms with E-state index in [0.29, 0.717) is 34.0 Å². The Morgan fingerprint density at radius 1 is 0.971 bits per heavy atom. The Morgan fingerprint density at radius 2 is 1.63 bits per heavy atom.